The second kappa shape index (κ2) is 6.78. The molecule has 25 heavy (non-hydrogen) atoms. The molecule has 3 rings (SSSR count). The SMILES string of the molecule is Cc1cccc(C)c1N1CC(C(=O)Nc2cccc(C#N)c2)CC1=O. The first-order valence-corrected chi connectivity index (χ1v) is 8.17. The summed E-state index contributed by atoms with van der Waals surface area (Å²) in [5, 5.41) is 11.8. The van der Waals surface area contributed by atoms with E-state index in [4.69, 9.17) is 5.26 Å². The first-order chi connectivity index (χ1) is 12.0. The van der Waals surface area contributed by atoms with Crippen LogP contribution in [-0.4, -0.2) is 18.4 Å². The molecule has 0 aromatic heterocycles. The molecule has 1 N–H and O–H groups in total. The molecule has 1 heterocycles. The number of carbonyl (C=O) groups is 2. The number of nitrogens with zero attached hydrogens (tertiary/aromatic N) is 2. The summed E-state index contributed by atoms with van der Waals surface area (Å²) in [5.74, 6) is -0.641. The largest absolute Gasteiger partial charge is 0.326 e. The van der Waals surface area contributed by atoms with Crippen molar-refractivity contribution in [3.63, 3.8) is 0 Å². The molecule has 1 atom stereocenters. The molecule has 0 bridgehead atoms. The monoisotopic (exact) mass is 333 g/mol. The van der Waals surface area contributed by atoms with Crippen LogP contribution in [0.2, 0.25) is 0 Å². The predicted molar refractivity (Wildman–Crippen MR) is 96.2 cm³/mol. The highest BCUT2D eigenvalue weighted by Gasteiger charge is 2.36. The number of hydrogen-bond acceptors (Lipinski definition) is 3. The maximum absolute atomic E-state index is 12.5. The van der Waals surface area contributed by atoms with Crippen molar-refractivity contribution in [3.8, 4) is 6.07 Å². The predicted octanol–water partition coefficient (Wildman–Crippen LogP) is 3.17. The van der Waals surface area contributed by atoms with Crippen LogP contribution in [0, 0.1) is 31.1 Å². The summed E-state index contributed by atoms with van der Waals surface area (Å²) >= 11 is 0. The van der Waals surface area contributed by atoms with E-state index in [1.807, 2.05) is 38.1 Å². The van der Waals surface area contributed by atoms with E-state index < -0.39 is 5.92 Å². The number of benzene rings is 2. The van der Waals surface area contributed by atoms with E-state index in [-0.39, 0.29) is 18.2 Å². The minimum atomic E-state index is -0.405. The van der Waals surface area contributed by atoms with E-state index >= 15 is 0 Å². The molecule has 0 spiro atoms. The molecule has 2 aromatic rings. The molecule has 1 aliphatic heterocycles. The Kier molecular flexibility index (Phi) is 4.53. The van der Waals surface area contributed by atoms with Crippen molar-refractivity contribution in [3.05, 3.63) is 59.2 Å². The molecule has 126 valence electrons. The number of aryl methyl sites for hydroxylation is 2. The Labute approximate surface area is 146 Å². The zero-order chi connectivity index (χ0) is 18.0. The lowest BCUT2D eigenvalue weighted by Crippen LogP contribution is -2.29. The minimum Gasteiger partial charge on any atom is -0.326 e. The van der Waals surface area contributed by atoms with Gasteiger partial charge in [-0.05, 0) is 43.2 Å². The number of para-hydroxylation sites is 1. The van der Waals surface area contributed by atoms with Gasteiger partial charge in [-0.3, -0.25) is 9.59 Å². The number of hydrogen-bond donors (Lipinski definition) is 1. The number of nitrogens with one attached hydrogen (secondary N) is 1. The summed E-state index contributed by atoms with van der Waals surface area (Å²) in [5.41, 5.74) is 4.00. The normalized spacial score (nSPS) is 16.6. The number of anilines is 2. The molecule has 0 aliphatic carbocycles. The zero-order valence-electron chi connectivity index (χ0n) is 14.2. The van der Waals surface area contributed by atoms with Gasteiger partial charge in [-0.1, -0.05) is 24.3 Å². The number of rotatable bonds is 3. The zero-order valence-corrected chi connectivity index (χ0v) is 14.2. The third kappa shape index (κ3) is 3.38. The van der Waals surface area contributed by atoms with Gasteiger partial charge in [0, 0.05) is 24.3 Å². The van der Waals surface area contributed by atoms with E-state index in [0.717, 1.165) is 16.8 Å². The van der Waals surface area contributed by atoms with Crippen LogP contribution >= 0.6 is 0 Å². The number of nitriles is 1. The fourth-order valence-electron chi connectivity index (χ4n) is 3.24. The second-order valence-corrected chi connectivity index (χ2v) is 6.33. The van der Waals surface area contributed by atoms with E-state index in [1.54, 1.807) is 29.2 Å². The lowest BCUT2D eigenvalue weighted by Gasteiger charge is -2.21. The maximum atomic E-state index is 12.5. The maximum Gasteiger partial charge on any atom is 0.229 e. The van der Waals surface area contributed by atoms with Gasteiger partial charge in [0.2, 0.25) is 11.8 Å². The molecule has 1 aliphatic rings. The summed E-state index contributed by atoms with van der Waals surface area (Å²) in [6, 6.07) is 14.7. The summed E-state index contributed by atoms with van der Waals surface area (Å²) in [6.45, 7) is 4.31. The Morgan fingerprint density at radius 1 is 1.20 bits per heavy atom. The van der Waals surface area contributed by atoms with Crippen LogP contribution in [0.3, 0.4) is 0 Å². The quantitative estimate of drug-likeness (QED) is 0.937. The van der Waals surface area contributed by atoms with Crippen molar-refractivity contribution in [1.29, 1.82) is 5.26 Å². The molecule has 1 fully saturated rings. The Morgan fingerprint density at radius 2 is 1.88 bits per heavy atom. The molecule has 5 nitrogen and oxygen atoms in total. The molecule has 1 unspecified atom stereocenters. The van der Waals surface area contributed by atoms with Gasteiger partial charge in [-0.15, -0.1) is 0 Å². The summed E-state index contributed by atoms with van der Waals surface area (Å²) < 4.78 is 0. The number of amides is 2. The van der Waals surface area contributed by atoms with Gasteiger partial charge in [0.1, 0.15) is 0 Å². The molecule has 2 amide bonds. The summed E-state index contributed by atoms with van der Waals surface area (Å²) in [6.07, 6.45) is 0.192. The van der Waals surface area contributed by atoms with Gasteiger partial charge < -0.3 is 10.2 Å². The van der Waals surface area contributed by atoms with Gasteiger partial charge in [0.25, 0.3) is 0 Å². The lowest BCUT2D eigenvalue weighted by molar-refractivity contribution is -0.122. The number of carbonyl (C=O) groups excluding carboxylic acids is 2. The molecule has 0 saturated carbocycles. The van der Waals surface area contributed by atoms with Crippen LogP contribution in [0.15, 0.2) is 42.5 Å². The van der Waals surface area contributed by atoms with Crippen molar-refractivity contribution >= 4 is 23.2 Å². The molecular formula is C20H19N3O2. The first kappa shape index (κ1) is 16.7. The Hall–Kier alpha value is -3.13. The van der Waals surface area contributed by atoms with Crippen molar-refractivity contribution in [1.82, 2.24) is 0 Å². The fourth-order valence-corrected chi connectivity index (χ4v) is 3.24. The Morgan fingerprint density at radius 3 is 2.56 bits per heavy atom. The van der Waals surface area contributed by atoms with Gasteiger partial charge in [0.15, 0.2) is 0 Å². The highest BCUT2D eigenvalue weighted by molar-refractivity contribution is 6.04. The average molecular weight is 333 g/mol. The minimum absolute atomic E-state index is 0.0386. The third-order valence-corrected chi connectivity index (χ3v) is 4.46. The van der Waals surface area contributed by atoms with Crippen molar-refractivity contribution < 1.29 is 9.59 Å². The van der Waals surface area contributed by atoms with Gasteiger partial charge in [-0.25, -0.2) is 0 Å². The van der Waals surface area contributed by atoms with E-state index in [2.05, 4.69) is 5.32 Å². The molecule has 2 aromatic carbocycles. The van der Waals surface area contributed by atoms with Crippen LogP contribution in [0.1, 0.15) is 23.1 Å². The van der Waals surface area contributed by atoms with Crippen molar-refractivity contribution in [2.24, 2.45) is 5.92 Å². The third-order valence-electron chi connectivity index (χ3n) is 4.46. The van der Waals surface area contributed by atoms with E-state index in [1.165, 1.54) is 0 Å². The van der Waals surface area contributed by atoms with Crippen molar-refractivity contribution in [2.45, 2.75) is 20.3 Å². The molecule has 5 heteroatoms. The van der Waals surface area contributed by atoms with Crippen LogP contribution in [-0.2, 0) is 9.59 Å². The molecular weight excluding hydrogens is 314 g/mol. The van der Waals surface area contributed by atoms with Crippen LogP contribution in [0.5, 0.6) is 0 Å². The standard InChI is InChI=1S/C20H19N3O2/c1-13-5-3-6-14(2)19(13)23-12-16(10-18(23)24)20(25)22-17-8-4-7-15(9-17)11-21/h3-9,16H,10,12H2,1-2H3,(H,22,25). The Balaban J connectivity index is 1.76. The second-order valence-electron chi connectivity index (χ2n) is 6.33. The average Bonchev–Trinajstić information content (AvgIpc) is 2.97. The van der Waals surface area contributed by atoms with E-state index in [0.29, 0.717) is 17.8 Å². The molecule has 1 saturated heterocycles. The topological polar surface area (TPSA) is 73.2 Å². The fraction of sp³-hybridized carbons (Fsp3) is 0.250. The molecule has 0 radical (unpaired) electrons. The van der Waals surface area contributed by atoms with Crippen LogP contribution < -0.4 is 10.2 Å². The smallest absolute Gasteiger partial charge is 0.229 e. The van der Waals surface area contributed by atoms with Crippen molar-refractivity contribution in [2.75, 3.05) is 16.8 Å². The van der Waals surface area contributed by atoms with E-state index in [9.17, 15) is 9.59 Å². The Bertz CT molecular complexity index is 863. The first-order valence-electron chi connectivity index (χ1n) is 8.17. The van der Waals surface area contributed by atoms with Gasteiger partial charge in [0.05, 0.1) is 17.6 Å². The highest BCUT2D eigenvalue weighted by atomic mass is 16.2. The van der Waals surface area contributed by atoms with Gasteiger partial charge in [-0.2, -0.15) is 5.26 Å². The highest BCUT2D eigenvalue weighted by Crippen LogP contribution is 2.31. The van der Waals surface area contributed by atoms with Gasteiger partial charge >= 0.3 is 0 Å². The van der Waals surface area contributed by atoms with Crippen LogP contribution in [0.4, 0.5) is 11.4 Å². The summed E-state index contributed by atoms with van der Waals surface area (Å²) in [4.78, 5) is 26.7. The lowest BCUT2D eigenvalue weighted by atomic mass is 10.1. The van der Waals surface area contributed by atoms with Crippen LogP contribution in [0.25, 0.3) is 0 Å². The summed E-state index contributed by atoms with van der Waals surface area (Å²) in [7, 11) is 0.